The van der Waals surface area contributed by atoms with E-state index in [1.165, 1.54) is 0 Å². The fourth-order valence-electron chi connectivity index (χ4n) is 1.22. The molecule has 0 aliphatic carbocycles. The predicted molar refractivity (Wildman–Crippen MR) is 91.8 cm³/mol. The Morgan fingerprint density at radius 1 is 0.955 bits per heavy atom. The average molecular weight is 665 g/mol. The van der Waals surface area contributed by atoms with Gasteiger partial charge in [-0.1, -0.05) is 0 Å². The molecule has 0 amide bonds. The minimum Gasteiger partial charge on any atom is -0.477 e. The molecule has 1 aromatic carbocycles. The summed E-state index contributed by atoms with van der Waals surface area (Å²) in [5, 5.41) is 0. The molecule has 0 aliphatic rings. The van der Waals surface area contributed by atoms with Gasteiger partial charge < -0.3 is 4.74 Å². The van der Waals surface area contributed by atoms with Crippen LogP contribution in [-0.2, 0) is 10.1 Å². The average Bonchev–Trinajstić information content (AvgIpc) is 2.35. The fraction of sp³-hybridized carbons (Fsp3) is 0.333. The molecular formula is C9H4Br5F3O4S. The summed E-state index contributed by atoms with van der Waals surface area (Å²) in [5.74, 6) is -1.91. The Labute approximate surface area is 165 Å². The number of hydrogen-bond acceptors (Lipinski definition) is 3. The SMILES string of the molecule is O=S(=O)(O)CC(Oc1c(Br)c(Br)c(Br)c(Br)c1Br)C(F)(F)F. The third-order valence-corrected chi connectivity index (χ3v) is 8.90. The summed E-state index contributed by atoms with van der Waals surface area (Å²) >= 11 is 15.6. The Morgan fingerprint density at radius 3 is 1.64 bits per heavy atom. The molecule has 126 valence electrons. The fourth-order valence-corrected chi connectivity index (χ4v) is 5.05. The van der Waals surface area contributed by atoms with E-state index in [4.69, 9.17) is 9.29 Å². The van der Waals surface area contributed by atoms with Gasteiger partial charge in [-0.25, -0.2) is 0 Å². The summed E-state index contributed by atoms with van der Waals surface area (Å²) in [4.78, 5) is 0. The molecule has 0 aliphatic heterocycles. The molecule has 0 aromatic heterocycles. The zero-order valence-corrected chi connectivity index (χ0v) is 18.6. The van der Waals surface area contributed by atoms with Gasteiger partial charge in [0, 0.05) is 4.47 Å². The summed E-state index contributed by atoms with van der Waals surface area (Å²) in [5.41, 5.74) is 0. The van der Waals surface area contributed by atoms with Gasteiger partial charge in [0.15, 0.2) is 5.75 Å². The van der Waals surface area contributed by atoms with Crippen molar-refractivity contribution in [1.82, 2.24) is 0 Å². The third kappa shape index (κ3) is 5.31. The monoisotopic (exact) mass is 660 g/mol. The second-order valence-corrected chi connectivity index (χ2v) is 9.26. The van der Waals surface area contributed by atoms with E-state index in [0.717, 1.165) is 0 Å². The molecule has 1 aromatic rings. The van der Waals surface area contributed by atoms with Crippen molar-refractivity contribution in [3.63, 3.8) is 0 Å². The highest BCUT2D eigenvalue weighted by Gasteiger charge is 2.45. The van der Waals surface area contributed by atoms with Crippen LogP contribution in [0.5, 0.6) is 5.75 Å². The Bertz CT molecular complexity index is 662. The predicted octanol–water partition coefficient (Wildman–Crippen LogP) is 5.70. The van der Waals surface area contributed by atoms with E-state index in [0.29, 0.717) is 13.4 Å². The summed E-state index contributed by atoms with van der Waals surface area (Å²) in [6, 6.07) is 0. The summed E-state index contributed by atoms with van der Waals surface area (Å²) in [7, 11) is -4.89. The number of hydrogen-bond donors (Lipinski definition) is 1. The van der Waals surface area contributed by atoms with Crippen LogP contribution in [-0.4, -0.2) is 31.0 Å². The van der Waals surface area contributed by atoms with E-state index in [2.05, 4.69) is 79.6 Å². The van der Waals surface area contributed by atoms with Gasteiger partial charge in [0.25, 0.3) is 10.1 Å². The van der Waals surface area contributed by atoms with Crippen molar-refractivity contribution in [2.75, 3.05) is 5.75 Å². The van der Waals surface area contributed by atoms with Crippen LogP contribution >= 0.6 is 79.6 Å². The molecule has 0 spiro atoms. The van der Waals surface area contributed by atoms with Crippen molar-refractivity contribution in [1.29, 1.82) is 0 Å². The number of alkyl halides is 3. The van der Waals surface area contributed by atoms with Gasteiger partial charge in [-0.3, -0.25) is 4.55 Å². The second kappa shape index (κ2) is 7.56. The standard InChI is InChI=1S/C9H4Br5F3O4S/c10-3-4(11)6(13)8(7(14)5(3)12)21-2(9(15,16)17)1-22(18,19)20/h2H,1H2,(H,18,19,20). The zero-order valence-electron chi connectivity index (χ0n) is 9.89. The number of benzene rings is 1. The molecule has 1 unspecified atom stereocenters. The minimum absolute atomic E-state index is 0.124. The lowest BCUT2D eigenvalue weighted by molar-refractivity contribution is -0.188. The molecule has 0 fully saturated rings. The smallest absolute Gasteiger partial charge is 0.426 e. The van der Waals surface area contributed by atoms with Crippen molar-refractivity contribution in [2.45, 2.75) is 12.3 Å². The van der Waals surface area contributed by atoms with Crippen molar-refractivity contribution in [3.8, 4) is 5.75 Å². The lowest BCUT2D eigenvalue weighted by Crippen LogP contribution is -2.40. The number of ether oxygens (including phenoxy) is 1. The van der Waals surface area contributed by atoms with Crippen molar-refractivity contribution in [3.05, 3.63) is 22.4 Å². The van der Waals surface area contributed by atoms with Crippen LogP contribution in [0.3, 0.4) is 0 Å². The first-order chi connectivity index (χ1) is 9.75. The van der Waals surface area contributed by atoms with Gasteiger partial charge in [0.1, 0.15) is 5.75 Å². The quantitative estimate of drug-likeness (QED) is 0.255. The van der Waals surface area contributed by atoms with Crippen molar-refractivity contribution in [2.24, 2.45) is 0 Å². The summed E-state index contributed by atoms with van der Waals surface area (Å²) in [6.45, 7) is 0. The lowest BCUT2D eigenvalue weighted by Gasteiger charge is -2.23. The van der Waals surface area contributed by atoms with E-state index in [1.54, 1.807) is 0 Å². The minimum atomic E-state index is -5.00. The normalized spacial score (nSPS) is 14.0. The molecule has 0 heterocycles. The maximum absolute atomic E-state index is 12.9. The maximum atomic E-state index is 12.9. The van der Waals surface area contributed by atoms with Crippen LogP contribution in [0.2, 0.25) is 0 Å². The molecule has 0 radical (unpaired) electrons. The highest BCUT2D eigenvalue weighted by atomic mass is 79.9. The van der Waals surface area contributed by atoms with Gasteiger partial charge >= 0.3 is 6.18 Å². The van der Waals surface area contributed by atoms with E-state index < -0.39 is 28.2 Å². The summed E-state index contributed by atoms with van der Waals surface area (Å²) < 4.78 is 75.2. The number of halogens is 8. The van der Waals surface area contributed by atoms with Gasteiger partial charge in [0.2, 0.25) is 6.10 Å². The van der Waals surface area contributed by atoms with E-state index in [9.17, 15) is 21.6 Å². The lowest BCUT2D eigenvalue weighted by atomic mass is 10.3. The number of rotatable bonds is 4. The maximum Gasteiger partial charge on any atom is 0.426 e. The Morgan fingerprint density at radius 2 is 1.32 bits per heavy atom. The Balaban J connectivity index is 3.37. The highest BCUT2D eigenvalue weighted by molar-refractivity contribution is 9.15. The molecule has 1 N–H and O–H groups in total. The van der Waals surface area contributed by atoms with Crippen molar-refractivity contribution < 1.29 is 30.9 Å². The topological polar surface area (TPSA) is 63.6 Å². The first kappa shape index (κ1) is 21.2. The first-order valence-corrected chi connectivity index (χ1v) is 10.5. The molecule has 0 saturated carbocycles. The van der Waals surface area contributed by atoms with E-state index in [1.807, 2.05) is 0 Å². The molecular weight excluding hydrogens is 661 g/mol. The van der Waals surface area contributed by atoms with Gasteiger partial charge in [0.05, 0.1) is 17.9 Å². The summed E-state index contributed by atoms with van der Waals surface area (Å²) in [6.07, 6.45) is -7.74. The molecule has 0 bridgehead atoms. The molecule has 4 nitrogen and oxygen atoms in total. The van der Waals surface area contributed by atoms with Crippen LogP contribution in [0, 0.1) is 0 Å². The largest absolute Gasteiger partial charge is 0.477 e. The van der Waals surface area contributed by atoms with Gasteiger partial charge in [-0.05, 0) is 79.6 Å². The van der Waals surface area contributed by atoms with Crippen LogP contribution in [0.4, 0.5) is 13.2 Å². The molecule has 22 heavy (non-hydrogen) atoms. The molecule has 0 saturated heterocycles. The first-order valence-electron chi connectivity index (χ1n) is 4.95. The Hall–Kier alpha value is 1.12. The van der Waals surface area contributed by atoms with Crippen LogP contribution in [0.25, 0.3) is 0 Å². The zero-order chi connectivity index (χ0) is 17.5. The highest BCUT2D eigenvalue weighted by Crippen LogP contribution is 2.49. The molecule has 13 heteroatoms. The molecule has 1 rings (SSSR count). The van der Waals surface area contributed by atoms with Crippen LogP contribution in [0.1, 0.15) is 0 Å². The van der Waals surface area contributed by atoms with Crippen LogP contribution in [0.15, 0.2) is 22.4 Å². The van der Waals surface area contributed by atoms with Crippen molar-refractivity contribution >= 4 is 89.8 Å². The van der Waals surface area contributed by atoms with E-state index >= 15 is 0 Å². The van der Waals surface area contributed by atoms with Gasteiger partial charge in [-0.15, -0.1) is 0 Å². The van der Waals surface area contributed by atoms with Crippen LogP contribution < -0.4 is 4.74 Å². The molecule has 1 atom stereocenters. The van der Waals surface area contributed by atoms with E-state index in [-0.39, 0.29) is 14.7 Å². The van der Waals surface area contributed by atoms with Gasteiger partial charge in [-0.2, -0.15) is 21.6 Å². The second-order valence-electron chi connectivity index (χ2n) is 3.80. The third-order valence-electron chi connectivity index (χ3n) is 2.16. The Kier molecular flexibility index (Phi) is 7.28.